The third-order valence-corrected chi connectivity index (χ3v) is 9.99. The molecule has 0 radical (unpaired) electrons. The van der Waals surface area contributed by atoms with Gasteiger partial charge in [-0.05, 0) is 87.7 Å². The van der Waals surface area contributed by atoms with Crippen LogP contribution in [0.25, 0.3) is 22.3 Å². The van der Waals surface area contributed by atoms with Crippen LogP contribution in [-0.4, -0.2) is 75.8 Å². The van der Waals surface area contributed by atoms with Gasteiger partial charge in [0.15, 0.2) is 0 Å². The number of amides is 2. The monoisotopic (exact) mass is 691 g/mol. The summed E-state index contributed by atoms with van der Waals surface area (Å²) in [6.45, 7) is 15.8. The van der Waals surface area contributed by atoms with Gasteiger partial charge in [-0.25, -0.2) is 14.8 Å². The van der Waals surface area contributed by atoms with Crippen molar-refractivity contribution in [3.63, 3.8) is 0 Å². The van der Waals surface area contributed by atoms with Crippen molar-refractivity contribution >= 4 is 48.4 Å². The summed E-state index contributed by atoms with van der Waals surface area (Å²) in [7, 11) is -1.23. The van der Waals surface area contributed by atoms with Crippen molar-refractivity contribution in [2.24, 2.45) is 0 Å². The molecule has 2 N–H and O–H groups in total. The normalized spacial score (nSPS) is 15.8. The van der Waals surface area contributed by atoms with Gasteiger partial charge in [0.25, 0.3) is 5.91 Å². The Morgan fingerprint density at radius 3 is 2.56 bits per heavy atom. The molecule has 0 bridgehead atoms. The van der Waals surface area contributed by atoms with Crippen LogP contribution in [0.5, 0.6) is 0 Å². The molecule has 4 heterocycles. The topological polar surface area (TPSA) is 124 Å². The first-order chi connectivity index (χ1) is 22.7. The molecule has 3 aromatic heterocycles. The third-order valence-electron chi connectivity index (χ3n) is 7.99. The van der Waals surface area contributed by atoms with Gasteiger partial charge in [0.05, 0.1) is 11.1 Å². The highest BCUT2D eigenvalue weighted by atomic mass is 35.5. The van der Waals surface area contributed by atoms with Crippen molar-refractivity contribution in [1.82, 2.24) is 29.7 Å². The van der Waals surface area contributed by atoms with Crippen LogP contribution < -0.4 is 10.6 Å². The van der Waals surface area contributed by atoms with Gasteiger partial charge in [-0.3, -0.25) is 14.7 Å². The quantitative estimate of drug-likeness (QED) is 0.0962. The molecule has 5 rings (SSSR count). The fourth-order valence-electron chi connectivity index (χ4n) is 5.60. The zero-order chi connectivity index (χ0) is 34.5. The Hall–Kier alpha value is -3.84. The molecule has 1 aliphatic heterocycles. The molecule has 1 aromatic carbocycles. The number of hydrogen-bond acceptors (Lipinski definition) is 8. The molecule has 1 atom stereocenters. The van der Waals surface area contributed by atoms with E-state index in [1.54, 1.807) is 6.20 Å². The fraction of sp³-hybridized carbons (Fsp3) is 0.457. The van der Waals surface area contributed by atoms with E-state index < -0.39 is 19.8 Å². The van der Waals surface area contributed by atoms with Crippen LogP contribution in [-0.2, 0) is 22.7 Å². The van der Waals surface area contributed by atoms with E-state index in [9.17, 15) is 9.59 Å². The number of hydrogen-bond donors (Lipinski definition) is 2. The van der Waals surface area contributed by atoms with Crippen molar-refractivity contribution in [3.05, 3.63) is 71.4 Å². The van der Waals surface area contributed by atoms with Gasteiger partial charge in [0.2, 0.25) is 0 Å². The predicted octanol–water partition coefficient (Wildman–Crippen LogP) is 7.20. The highest BCUT2D eigenvalue weighted by Crippen LogP contribution is 2.31. The van der Waals surface area contributed by atoms with Crippen LogP contribution in [0, 0.1) is 0 Å². The Labute approximate surface area is 288 Å². The lowest BCUT2D eigenvalue weighted by Gasteiger charge is -2.33. The minimum absolute atomic E-state index is 0.00910. The van der Waals surface area contributed by atoms with Crippen molar-refractivity contribution in [2.45, 2.75) is 84.2 Å². The number of alkyl carbamates (subject to hydrolysis) is 1. The van der Waals surface area contributed by atoms with Gasteiger partial charge in [0, 0.05) is 45.7 Å². The average Bonchev–Trinajstić information content (AvgIpc) is 3.38. The maximum Gasteiger partial charge on any atom is 0.407 e. The highest BCUT2D eigenvalue weighted by Gasteiger charge is 2.25. The lowest BCUT2D eigenvalue weighted by atomic mass is 10.0. The summed E-state index contributed by atoms with van der Waals surface area (Å²) in [6.07, 6.45) is 4.58. The van der Waals surface area contributed by atoms with Gasteiger partial charge in [-0.1, -0.05) is 43.4 Å². The fourth-order valence-corrected chi connectivity index (χ4v) is 6.54. The molecule has 0 aliphatic carbocycles. The summed E-state index contributed by atoms with van der Waals surface area (Å²) in [6, 6.07) is 14.4. The Morgan fingerprint density at radius 2 is 1.83 bits per heavy atom. The van der Waals surface area contributed by atoms with Crippen molar-refractivity contribution < 1.29 is 19.1 Å². The van der Waals surface area contributed by atoms with Crippen LogP contribution in [0.15, 0.2) is 55.0 Å². The number of benzene rings is 1. The third kappa shape index (κ3) is 9.85. The van der Waals surface area contributed by atoms with Gasteiger partial charge in [-0.15, -0.1) is 0 Å². The van der Waals surface area contributed by atoms with E-state index in [1.807, 2.05) is 67.8 Å². The van der Waals surface area contributed by atoms with Crippen LogP contribution >= 0.6 is 11.6 Å². The van der Waals surface area contributed by atoms with E-state index in [1.165, 1.54) is 6.33 Å². The summed E-state index contributed by atoms with van der Waals surface area (Å²) in [5.41, 5.74) is 3.95. The zero-order valence-electron chi connectivity index (χ0n) is 28.7. The minimum Gasteiger partial charge on any atom is -0.444 e. The number of ether oxygens (including phenoxy) is 2. The number of nitrogens with zero attached hydrogens (tertiary/aromatic N) is 5. The molecule has 1 fully saturated rings. The summed E-state index contributed by atoms with van der Waals surface area (Å²) in [5, 5.41) is 7.11. The van der Waals surface area contributed by atoms with Gasteiger partial charge in [-0.2, -0.15) is 0 Å². The minimum atomic E-state index is -1.23. The first-order valence-electron chi connectivity index (χ1n) is 16.4. The number of fused-ring (bicyclic) bond motifs is 1. The number of aromatic nitrogens is 4. The number of likely N-dealkylation sites (tertiary alicyclic amines) is 1. The molecule has 48 heavy (non-hydrogen) atoms. The first-order valence-corrected chi connectivity index (χ1v) is 20.5. The molecule has 11 nitrogen and oxygen atoms in total. The Bertz CT molecular complexity index is 1730. The SMILES string of the molecule is CC(C)(C)OC(=O)N[C@@H]1CCCN(Cc2ccnc(C(=O)Nc3ccc(-c4cc5c(Cl)ncnc5n4COCC[Si](C)(C)C)cc3)c2)C1. The molecular formula is C35H46ClN7O4Si. The largest absolute Gasteiger partial charge is 0.444 e. The summed E-state index contributed by atoms with van der Waals surface area (Å²) in [4.78, 5) is 40.7. The number of anilines is 1. The van der Waals surface area contributed by atoms with E-state index in [4.69, 9.17) is 21.1 Å². The van der Waals surface area contributed by atoms with Crippen LogP contribution in [0.2, 0.25) is 30.8 Å². The number of rotatable bonds is 11. The van der Waals surface area contributed by atoms with E-state index >= 15 is 0 Å². The van der Waals surface area contributed by atoms with Gasteiger partial charge >= 0.3 is 6.09 Å². The maximum absolute atomic E-state index is 13.2. The number of halogens is 1. The summed E-state index contributed by atoms with van der Waals surface area (Å²) < 4.78 is 13.5. The lowest BCUT2D eigenvalue weighted by Crippen LogP contribution is -2.48. The van der Waals surface area contributed by atoms with E-state index in [0.29, 0.717) is 48.6 Å². The number of pyridine rings is 1. The summed E-state index contributed by atoms with van der Waals surface area (Å²) >= 11 is 6.43. The second-order valence-corrected chi connectivity index (χ2v) is 20.5. The molecule has 1 aliphatic rings. The molecule has 0 unspecified atom stereocenters. The molecule has 4 aromatic rings. The Balaban J connectivity index is 1.22. The molecule has 0 spiro atoms. The second-order valence-electron chi connectivity index (χ2n) is 14.5. The van der Waals surface area contributed by atoms with E-state index in [-0.39, 0.29) is 11.9 Å². The average molecular weight is 692 g/mol. The van der Waals surface area contributed by atoms with E-state index in [2.05, 4.69) is 50.1 Å². The molecule has 1 saturated heterocycles. The second kappa shape index (κ2) is 15.1. The number of nitrogens with one attached hydrogen (secondary N) is 2. The van der Waals surface area contributed by atoms with Crippen molar-refractivity contribution in [3.8, 4) is 11.3 Å². The molecular weight excluding hydrogens is 646 g/mol. The first kappa shape index (κ1) is 35.5. The predicted molar refractivity (Wildman–Crippen MR) is 192 cm³/mol. The van der Waals surface area contributed by atoms with Crippen LogP contribution in [0.4, 0.5) is 10.5 Å². The van der Waals surface area contributed by atoms with Crippen molar-refractivity contribution in [2.75, 3.05) is 25.0 Å². The van der Waals surface area contributed by atoms with Crippen LogP contribution in [0.1, 0.15) is 49.7 Å². The van der Waals surface area contributed by atoms with E-state index in [0.717, 1.165) is 47.6 Å². The number of carbonyl (C=O) groups excluding carboxylic acids is 2. The van der Waals surface area contributed by atoms with Crippen LogP contribution in [0.3, 0.4) is 0 Å². The molecule has 2 amide bonds. The lowest BCUT2D eigenvalue weighted by molar-refractivity contribution is 0.0470. The Kier molecular flexibility index (Phi) is 11.2. The number of piperidine rings is 1. The zero-order valence-corrected chi connectivity index (χ0v) is 30.4. The highest BCUT2D eigenvalue weighted by molar-refractivity contribution is 6.76. The van der Waals surface area contributed by atoms with Gasteiger partial charge < -0.3 is 24.7 Å². The molecule has 13 heteroatoms. The Morgan fingerprint density at radius 1 is 1.06 bits per heavy atom. The molecule has 256 valence electrons. The smallest absolute Gasteiger partial charge is 0.407 e. The standard InChI is InChI=1S/C35H46ClN7O4Si/c1-35(2,3)47-34(45)41-27-8-7-15-42(21-27)20-24-13-14-37-29(18-24)33(44)40-26-11-9-25(10-12-26)30-19-28-31(36)38-22-39-32(28)43(30)23-46-16-17-48(4,5)6/h9-14,18-19,22,27H,7-8,15-17,20-21,23H2,1-6H3,(H,40,44)(H,41,45)/t27-/m1/s1. The summed E-state index contributed by atoms with van der Waals surface area (Å²) in [5.74, 6) is -0.292. The maximum atomic E-state index is 13.2. The van der Waals surface area contributed by atoms with Gasteiger partial charge in [0.1, 0.15) is 35.2 Å². The molecule has 0 saturated carbocycles. The number of carbonyl (C=O) groups is 2. The van der Waals surface area contributed by atoms with Crippen molar-refractivity contribution in [1.29, 1.82) is 0 Å².